The van der Waals surface area contributed by atoms with E-state index in [4.69, 9.17) is 9.85 Å². The van der Waals surface area contributed by atoms with Gasteiger partial charge >= 0.3 is 11.9 Å². The van der Waals surface area contributed by atoms with E-state index < -0.39 is 23.8 Å². The monoisotopic (exact) mass is 566 g/mol. The number of azo groups is 2. The molecule has 2 atom stereocenters. The van der Waals surface area contributed by atoms with Gasteiger partial charge in [-0.3, -0.25) is 9.59 Å². The van der Waals surface area contributed by atoms with Crippen molar-refractivity contribution < 1.29 is 28.6 Å². The third-order valence-corrected chi connectivity index (χ3v) is 8.28. The van der Waals surface area contributed by atoms with Crippen LogP contribution in [-0.4, -0.2) is 41.9 Å². The molecular weight excluding hydrogens is 530 g/mol. The van der Waals surface area contributed by atoms with Crippen LogP contribution in [0.1, 0.15) is 83.1 Å². The molecule has 0 bridgehead atoms. The number of carbonyl (C=O) groups is 4. The van der Waals surface area contributed by atoms with Crippen molar-refractivity contribution in [3.63, 3.8) is 0 Å². The van der Waals surface area contributed by atoms with Gasteiger partial charge < -0.3 is 10.1 Å². The maximum atomic E-state index is 14.2. The smallest absolute Gasteiger partial charge is 0.419 e. The van der Waals surface area contributed by atoms with Crippen LogP contribution in [0.2, 0.25) is 0 Å². The second-order valence-electron chi connectivity index (χ2n) is 11.1. The third-order valence-electron chi connectivity index (χ3n) is 8.28. The first-order chi connectivity index (χ1) is 20.4. The maximum Gasteiger partial charge on any atom is 0.419 e. The molecule has 3 aromatic carbocycles. The minimum absolute atomic E-state index is 0.0364. The van der Waals surface area contributed by atoms with Gasteiger partial charge in [0.2, 0.25) is 0 Å². The number of aryl methyl sites for hydroxylation is 1. The number of Topliss-reactive ketones (excluding diaryl/α,β-unsaturated/α-hetero) is 1. The summed E-state index contributed by atoms with van der Waals surface area (Å²) in [4.78, 5) is 53.1. The van der Waals surface area contributed by atoms with Gasteiger partial charge in [0.1, 0.15) is 11.7 Å². The summed E-state index contributed by atoms with van der Waals surface area (Å²) >= 11 is 0. The molecule has 1 fully saturated rings. The minimum atomic E-state index is -0.745. The maximum absolute atomic E-state index is 14.2. The van der Waals surface area contributed by atoms with Crippen molar-refractivity contribution in [2.24, 2.45) is 11.0 Å². The van der Waals surface area contributed by atoms with Gasteiger partial charge in [-0.15, -0.1) is 0 Å². The molecule has 1 heterocycles. The number of ketones is 1. The zero-order chi connectivity index (χ0) is 29.6. The van der Waals surface area contributed by atoms with E-state index in [0.29, 0.717) is 11.3 Å². The van der Waals surface area contributed by atoms with Gasteiger partial charge in [0.25, 0.3) is 12.5 Å². The highest BCUT2D eigenvalue weighted by molar-refractivity contribution is 5.96. The number of methoxy groups -OCH3 is 1. The number of esters is 1. The summed E-state index contributed by atoms with van der Waals surface area (Å²) in [6.07, 6.45) is 4.98. The molecule has 1 saturated carbocycles. The van der Waals surface area contributed by atoms with Crippen LogP contribution in [0.15, 0.2) is 77.9 Å². The van der Waals surface area contributed by atoms with E-state index in [1.807, 2.05) is 61.5 Å². The lowest BCUT2D eigenvalue weighted by atomic mass is 9.80. The van der Waals surface area contributed by atoms with Crippen LogP contribution in [0.4, 0.5) is 5.69 Å². The molecule has 0 radical (unpaired) electrons. The van der Waals surface area contributed by atoms with Crippen molar-refractivity contribution in [2.45, 2.75) is 57.4 Å². The fourth-order valence-corrected chi connectivity index (χ4v) is 5.97. The summed E-state index contributed by atoms with van der Waals surface area (Å²) in [6.45, 7) is 1.47. The Bertz CT molecular complexity index is 1530. The van der Waals surface area contributed by atoms with Crippen LogP contribution in [0.5, 0.6) is 0 Å². The number of nitrogens with one attached hydrogen (secondary N) is 1. The summed E-state index contributed by atoms with van der Waals surface area (Å²) in [5, 5.41) is 7.67. The number of rotatable bonds is 8. The summed E-state index contributed by atoms with van der Waals surface area (Å²) in [7, 11) is 1.30. The number of anilines is 1. The van der Waals surface area contributed by atoms with Crippen LogP contribution in [0.25, 0.3) is 0 Å². The Labute approximate surface area is 245 Å². The van der Waals surface area contributed by atoms with Crippen molar-refractivity contribution in [1.29, 1.82) is 0 Å². The van der Waals surface area contributed by atoms with Crippen LogP contribution < -0.4 is 5.32 Å². The van der Waals surface area contributed by atoms with E-state index in [1.54, 1.807) is 18.2 Å². The largest absolute Gasteiger partial charge is 0.465 e. The number of hydrogen-bond acceptors (Lipinski definition) is 6. The second-order valence-corrected chi connectivity index (χ2v) is 11.1. The molecule has 2 unspecified atom stereocenters. The first-order valence-electron chi connectivity index (χ1n) is 14.5. The van der Waals surface area contributed by atoms with E-state index in [-0.39, 0.29) is 30.6 Å². The highest BCUT2D eigenvalue weighted by Gasteiger charge is 2.42. The molecule has 3 aromatic rings. The number of carbonyl (C=O) groups excluding carboxylic acids is 4. The first kappa shape index (κ1) is 29.0. The molecular formula is C34H36N3O5+. The average Bonchev–Trinajstić information content (AvgIpc) is 3.13. The van der Waals surface area contributed by atoms with Gasteiger partial charge in [-0.2, -0.15) is 0 Å². The summed E-state index contributed by atoms with van der Waals surface area (Å²) < 4.78 is 6.04. The molecule has 0 aromatic heterocycles. The van der Waals surface area contributed by atoms with Crippen molar-refractivity contribution in [3.8, 4) is 0 Å². The van der Waals surface area contributed by atoms with E-state index in [9.17, 15) is 19.2 Å². The number of ether oxygens (including phenoxy) is 1. The number of nitrogens with zero attached hydrogens (tertiary/aromatic N) is 2. The van der Waals surface area contributed by atoms with Gasteiger partial charge in [0.15, 0.2) is 6.04 Å². The Balaban J connectivity index is 1.49. The van der Waals surface area contributed by atoms with E-state index in [2.05, 4.69) is 5.32 Å². The standard InChI is InChI=1S/C34H35N3O5/c1-22-17-18-25(34(41)42-2)19-29(22)35-31(39)21-37-33(40)28(20-30(38)23-11-5-3-6-12-23)26-15-9-10-16-27(26)32(36-37)24-13-7-4-8-14-24/h4,7-10,13-19,23,28,32H,3,5-6,11-12,20-21H2,1-2H3/p+1. The summed E-state index contributed by atoms with van der Waals surface area (Å²) in [6, 6.07) is 21.7. The molecule has 216 valence electrons. The summed E-state index contributed by atoms with van der Waals surface area (Å²) in [5.74, 6) is -2.04. The average molecular weight is 567 g/mol. The van der Waals surface area contributed by atoms with Crippen molar-refractivity contribution in [2.75, 3.05) is 19.0 Å². The van der Waals surface area contributed by atoms with E-state index in [0.717, 1.165) is 54.4 Å². The van der Waals surface area contributed by atoms with Gasteiger partial charge in [-0.1, -0.05) is 79.9 Å². The Kier molecular flexibility index (Phi) is 9.00. The van der Waals surface area contributed by atoms with Crippen molar-refractivity contribution >= 4 is 29.3 Å². The zero-order valence-corrected chi connectivity index (χ0v) is 24.0. The molecule has 5 rings (SSSR count). The number of benzene rings is 3. The van der Waals surface area contributed by atoms with Gasteiger partial charge in [-0.05, 0) is 64.0 Å². The second kappa shape index (κ2) is 13.0. The van der Waals surface area contributed by atoms with Gasteiger partial charge in [0.05, 0.1) is 12.7 Å². The fraction of sp³-hybridized carbons (Fsp3) is 0.353. The molecule has 42 heavy (non-hydrogen) atoms. The van der Waals surface area contributed by atoms with Crippen molar-refractivity contribution in [3.05, 3.63) is 101 Å². The highest BCUT2D eigenvalue weighted by atomic mass is 16.5. The Hall–Kier alpha value is -4.46. The predicted molar refractivity (Wildman–Crippen MR) is 157 cm³/mol. The zero-order valence-electron chi connectivity index (χ0n) is 24.0. The molecule has 1 N–H and O–H groups in total. The minimum Gasteiger partial charge on any atom is -0.465 e. The molecule has 2 aliphatic rings. The van der Waals surface area contributed by atoms with Crippen LogP contribution >= 0.6 is 0 Å². The summed E-state index contributed by atoms with van der Waals surface area (Å²) in [5.41, 5.74) is 3.99. The van der Waals surface area contributed by atoms with Gasteiger partial charge in [-0.25, -0.2) is 9.59 Å². The normalized spacial score (nSPS) is 18.8. The molecule has 8 nitrogen and oxygen atoms in total. The number of fused-ring (bicyclic) bond motifs is 1. The van der Waals surface area contributed by atoms with Crippen LogP contribution in [-0.2, 0) is 19.1 Å². The highest BCUT2D eigenvalue weighted by Crippen LogP contribution is 2.38. The Morgan fingerprint density at radius 1 is 0.929 bits per heavy atom. The predicted octanol–water partition coefficient (Wildman–Crippen LogP) is 6.14. The molecule has 1 aliphatic heterocycles. The quantitative estimate of drug-likeness (QED) is 0.261. The molecule has 0 spiro atoms. The lowest BCUT2D eigenvalue weighted by Gasteiger charge is -2.22. The van der Waals surface area contributed by atoms with Crippen LogP contribution in [0, 0.1) is 12.8 Å². The molecule has 0 saturated heterocycles. The molecule has 8 heteroatoms. The van der Waals surface area contributed by atoms with Crippen molar-refractivity contribution in [1.82, 2.24) is 0 Å². The number of hydrogen-bond donors (Lipinski definition) is 1. The Morgan fingerprint density at radius 3 is 2.33 bits per heavy atom. The number of amides is 2. The SMILES string of the molecule is COC(=O)c1ccc(C)c(NC(=O)C[N+]2=NC(c3ccccc3)c3ccccc3C(CC(=O)C3CCCCC3)C2=O)c1. The van der Waals surface area contributed by atoms with Crippen LogP contribution in [0.3, 0.4) is 0 Å². The van der Waals surface area contributed by atoms with E-state index in [1.165, 1.54) is 11.8 Å². The van der Waals surface area contributed by atoms with E-state index >= 15 is 0 Å². The Morgan fingerprint density at radius 2 is 1.62 bits per heavy atom. The lowest BCUT2D eigenvalue weighted by Crippen LogP contribution is -2.34. The third kappa shape index (κ3) is 6.38. The fourth-order valence-electron chi connectivity index (χ4n) is 5.97. The van der Waals surface area contributed by atoms with Gasteiger partial charge in [0, 0.05) is 18.0 Å². The topological polar surface area (TPSA) is 105 Å². The molecule has 1 aliphatic carbocycles. The molecule has 2 amide bonds. The lowest BCUT2D eigenvalue weighted by molar-refractivity contribution is -0.507. The first-order valence-corrected chi connectivity index (χ1v) is 14.5.